The molecule has 122 valence electrons. The van der Waals surface area contributed by atoms with Crippen molar-refractivity contribution in [2.24, 2.45) is 0 Å². The molecule has 0 spiro atoms. The highest BCUT2D eigenvalue weighted by molar-refractivity contribution is 5.42. The smallest absolute Gasteiger partial charge is 0.189 e. The summed E-state index contributed by atoms with van der Waals surface area (Å²) >= 11 is 0. The largest absolute Gasteiger partial charge is 0.467 e. The average molecular weight is 310 g/mol. The third-order valence-electron chi connectivity index (χ3n) is 4.09. The monoisotopic (exact) mass is 310 g/mol. The number of hydrogen-bond acceptors (Lipinski definition) is 5. The van der Waals surface area contributed by atoms with Gasteiger partial charge in [0.2, 0.25) is 0 Å². The molecule has 0 aliphatic carbocycles. The van der Waals surface area contributed by atoms with Crippen LogP contribution >= 0.6 is 0 Å². The van der Waals surface area contributed by atoms with Crippen molar-refractivity contribution in [3.8, 4) is 5.75 Å². The van der Waals surface area contributed by atoms with Crippen molar-refractivity contribution in [2.45, 2.75) is 13.2 Å². The number of nitrogens with zero attached hydrogens (tertiary/aromatic N) is 2. The van der Waals surface area contributed by atoms with E-state index in [0.717, 1.165) is 56.3 Å². The topological polar surface area (TPSA) is 34.2 Å². The summed E-state index contributed by atoms with van der Waals surface area (Å²) in [7, 11) is 2.05. The van der Waals surface area contributed by atoms with E-state index in [-0.39, 0.29) is 12.6 Å². The second kappa shape index (κ2) is 7.37. The van der Waals surface area contributed by atoms with Gasteiger partial charge < -0.3 is 19.1 Å². The summed E-state index contributed by atoms with van der Waals surface area (Å²) in [5.74, 6) is 0.551. The van der Waals surface area contributed by atoms with Gasteiger partial charge in [0.15, 0.2) is 6.79 Å². The second-order valence-corrected chi connectivity index (χ2v) is 5.86. The molecule has 22 heavy (non-hydrogen) atoms. The maximum atomic E-state index is 13.7. The Morgan fingerprint density at radius 1 is 1.23 bits per heavy atom. The third kappa shape index (κ3) is 3.95. The van der Waals surface area contributed by atoms with Gasteiger partial charge in [0, 0.05) is 43.9 Å². The van der Waals surface area contributed by atoms with Crippen LogP contribution in [0.25, 0.3) is 0 Å². The van der Waals surface area contributed by atoms with Crippen molar-refractivity contribution < 1.29 is 18.6 Å². The highest BCUT2D eigenvalue weighted by Gasteiger charge is 2.18. The zero-order valence-corrected chi connectivity index (χ0v) is 13.0. The van der Waals surface area contributed by atoms with E-state index in [0.29, 0.717) is 13.2 Å². The Kier molecular flexibility index (Phi) is 5.25. The van der Waals surface area contributed by atoms with Crippen LogP contribution in [0.4, 0.5) is 4.39 Å². The average Bonchev–Trinajstić information content (AvgIpc) is 2.54. The first-order valence-corrected chi connectivity index (χ1v) is 7.73. The number of benzene rings is 1. The molecule has 0 atom stereocenters. The Bertz CT molecular complexity index is 506. The van der Waals surface area contributed by atoms with Gasteiger partial charge in [-0.15, -0.1) is 0 Å². The highest BCUT2D eigenvalue weighted by Crippen LogP contribution is 2.30. The first-order valence-electron chi connectivity index (χ1n) is 7.73. The molecule has 1 saturated heterocycles. The molecule has 6 heteroatoms. The summed E-state index contributed by atoms with van der Waals surface area (Å²) in [4.78, 5) is 4.59. The zero-order valence-electron chi connectivity index (χ0n) is 13.0. The van der Waals surface area contributed by atoms with E-state index in [4.69, 9.17) is 14.2 Å². The summed E-state index contributed by atoms with van der Waals surface area (Å²) < 4.78 is 29.9. The molecule has 2 aliphatic rings. The van der Waals surface area contributed by atoms with Crippen molar-refractivity contribution in [3.63, 3.8) is 0 Å². The summed E-state index contributed by atoms with van der Waals surface area (Å²) in [5.41, 5.74) is 1.69. The van der Waals surface area contributed by atoms with Crippen LogP contribution in [0.1, 0.15) is 11.1 Å². The molecular weight excluding hydrogens is 287 g/mol. The maximum absolute atomic E-state index is 13.7. The fourth-order valence-electron chi connectivity index (χ4n) is 2.88. The van der Waals surface area contributed by atoms with Crippen LogP contribution in [0.15, 0.2) is 12.1 Å². The Hall–Kier alpha value is -1.21. The van der Waals surface area contributed by atoms with Gasteiger partial charge in [0.1, 0.15) is 11.6 Å². The van der Waals surface area contributed by atoms with Crippen molar-refractivity contribution in [3.05, 3.63) is 29.1 Å². The standard InChI is InChI=1S/C16H23FN2O3/c1-18(2-3-19-4-6-20-7-5-19)10-13-8-15(17)9-14-11-21-12-22-16(13)14/h8-9H,2-7,10-12H2,1H3. The molecule has 0 bridgehead atoms. The van der Waals surface area contributed by atoms with Crippen molar-refractivity contribution >= 4 is 0 Å². The van der Waals surface area contributed by atoms with Gasteiger partial charge in [-0.25, -0.2) is 4.39 Å². The van der Waals surface area contributed by atoms with Gasteiger partial charge in [0.25, 0.3) is 0 Å². The van der Waals surface area contributed by atoms with E-state index in [2.05, 4.69) is 16.8 Å². The number of fused-ring (bicyclic) bond motifs is 1. The maximum Gasteiger partial charge on any atom is 0.189 e. The first kappa shape index (κ1) is 15.7. The quantitative estimate of drug-likeness (QED) is 0.822. The number of halogens is 1. The van der Waals surface area contributed by atoms with Crippen LogP contribution in [0.2, 0.25) is 0 Å². The van der Waals surface area contributed by atoms with Gasteiger partial charge in [-0.1, -0.05) is 0 Å². The fraction of sp³-hybridized carbons (Fsp3) is 0.625. The number of morpholine rings is 1. The third-order valence-corrected chi connectivity index (χ3v) is 4.09. The van der Waals surface area contributed by atoms with Gasteiger partial charge in [-0.05, 0) is 19.2 Å². The minimum atomic E-state index is -0.232. The van der Waals surface area contributed by atoms with Crippen molar-refractivity contribution in [1.29, 1.82) is 0 Å². The first-order chi connectivity index (χ1) is 10.7. The predicted molar refractivity (Wildman–Crippen MR) is 80.3 cm³/mol. The van der Waals surface area contributed by atoms with Gasteiger partial charge in [-0.2, -0.15) is 0 Å². The molecule has 1 aromatic carbocycles. The van der Waals surface area contributed by atoms with E-state index < -0.39 is 0 Å². The van der Waals surface area contributed by atoms with Crippen molar-refractivity contribution in [1.82, 2.24) is 9.80 Å². The van der Waals surface area contributed by atoms with Crippen LogP contribution in [0.5, 0.6) is 5.75 Å². The van der Waals surface area contributed by atoms with E-state index in [1.807, 2.05) is 0 Å². The van der Waals surface area contributed by atoms with Crippen molar-refractivity contribution in [2.75, 3.05) is 53.2 Å². The molecule has 0 unspecified atom stereocenters. The van der Waals surface area contributed by atoms with Crippen LogP contribution in [0, 0.1) is 5.82 Å². The normalized spacial score (nSPS) is 19.0. The second-order valence-electron chi connectivity index (χ2n) is 5.86. The summed E-state index contributed by atoms with van der Waals surface area (Å²) in [6.07, 6.45) is 0. The molecule has 0 N–H and O–H groups in total. The van der Waals surface area contributed by atoms with E-state index in [1.54, 1.807) is 6.07 Å². The fourth-order valence-corrected chi connectivity index (χ4v) is 2.88. The highest BCUT2D eigenvalue weighted by atomic mass is 19.1. The Morgan fingerprint density at radius 3 is 2.86 bits per heavy atom. The van der Waals surface area contributed by atoms with E-state index >= 15 is 0 Å². The molecule has 0 aromatic heterocycles. The SMILES string of the molecule is CN(CCN1CCOCC1)Cc1cc(F)cc2c1OCOC2. The van der Waals surface area contributed by atoms with Crippen LogP contribution in [-0.2, 0) is 22.6 Å². The molecule has 1 fully saturated rings. The van der Waals surface area contributed by atoms with Crippen LogP contribution in [0.3, 0.4) is 0 Å². The van der Waals surface area contributed by atoms with Crippen LogP contribution < -0.4 is 4.74 Å². The number of rotatable bonds is 5. The Morgan fingerprint density at radius 2 is 2.05 bits per heavy atom. The lowest BCUT2D eigenvalue weighted by Gasteiger charge is -2.29. The Balaban J connectivity index is 1.58. The molecular formula is C16H23FN2O3. The lowest BCUT2D eigenvalue weighted by molar-refractivity contribution is -0.0177. The predicted octanol–water partition coefficient (Wildman–Crippen LogP) is 1.46. The lowest BCUT2D eigenvalue weighted by atomic mass is 10.1. The summed E-state index contributed by atoms with van der Waals surface area (Å²) in [6.45, 7) is 6.87. The van der Waals surface area contributed by atoms with E-state index in [1.165, 1.54) is 6.07 Å². The minimum absolute atomic E-state index is 0.232. The molecule has 3 rings (SSSR count). The van der Waals surface area contributed by atoms with Gasteiger partial charge >= 0.3 is 0 Å². The Labute approximate surface area is 130 Å². The molecule has 0 saturated carbocycles. The summed E-state index contributed by atoms with van der Waals surface area (Å²) in [6, 6.07) is 3.06. The van der Waals surface area contributed by atoms with Crippen LogP contribution in [-0.4, -0.2) is 63.0 Å². The summed E-state index contributed by atoms with van der Waals surface area (Å²) in [5, 5.41) is 0. The van der Waals surface area contributed by atoms with Gasteiger partial charge in [-0.3, -0.25) is 4.90 Å². The molecule has 0 radical (unpaired) electrons. The molecule has 0 amide bonds. The number of likely N-dealkylation sites (N-methyl/N-ethyl adjacent to an activating group) is 1. The van der Waals surface area contributed by atoms with Gasteiger partial charge in [0.05, 0.1) is 19.8 Å². The zero-order chi connectivity index (χ0) is 15.4. The minimum Gasteiger partial charge on any atom is -0.467 e. The molecule has 2 aliphatic heterocycles. The number of ether oxygens (including phenoxy) is 3. The number of hydrogen-bond donors (Lipinski definition) is 0. The molecule has 1 aromatic rings. The molecule has 2 heterocycles. The lowest BCUT2D eigenvalue weighted by Crippen LogP contribution is -2.40. The van der Waals surface area contributed by atoms with E-state index in [9.17, 15) is 4.39 Å². The molecule has 5 nitrogen and oxygen atoms in total.